The highest BCUT2D eigenvalue weighted by atomic mass is 16.2. The molecular weight excluding hydrogens is 312 g/mol. The van der Waals surface area contributed by atoms with Crippen molar-refractivity contribution in [3.05, 3.63) is 47.5 Å². The van der Waals surface area contributed by atoms with Crippen LogP contribution in [0.25, 0.3) is 0 Å². The Kier molecular flexibility index (Phi) is 5.51. The molecule has 0 unspecified atom stereocenters. The minimum atomic E-state index is -0.110. The van der Waals surface area contributed by atoms with Crippen LogP contribution in [0, 0.1) is 5.92 Å². The van der Waals surface area contributed by atoms with E-state index in [9.17, 15) is 4.79 Å². The van der Waals surface area contributed by atoms with Gasteiger partial charge in [-0.15, -0.1) is 0 Å². The van der Waals surface area contributed by atoms with Crippen molar-refractivity contribution >= 4 is 5.91 Å². The number of H-pyrrole nitrogens is 1. The Morgan fingerprint density at radius 3 is 2.68 bits per heavy atom. The molecule has 1 amide bonds. The van der Waals surface area contributed by atoms with E-state index in [2.05, 4.69) is 53.3 Å². The monoisotopic (exact) mass is 340 g/mol. The lowest BCUT2D eigenvalue weighted by atomic mass is 9.93. The number of amides is 1. The van der Waals surface area contributed by atoms with Gasteiger partial charge in [-0.3, -0.25) is 9.89 Å². The molecule has 2 aromatic rings. The summed E-state index contributed by atoms with van der Waals surface area (Å²) in [6.45, 7) is 8.02. The first-order valence-electron chi connectivity index (χ1n) is 9.27. The van der Waals surface area contributed by atoms with Crippen molar-refractivity contribution in [1.29, 1.82) is 0 Å². The van der Waals surface area contributed by atoms with E-state index < -0.39 is 0 Å². The van der Waals surface area contributed by atoms with Gasteiger partial charge in [0.05, 0.1) is 5.92 Å². The van der Waals surface area contributed by atoms with Crippen LogP contribution in [0.15, 0.2) is 30.6 Å². The Morgan fingerprint density at radius 1 is 1.28 bits per heavy atom. The van der Waals surface area contributed by atoms with E-state index in [1.807, 2.05) is 11.8 Å². The van der Waals surface area contributed by atoms with E-state index >= 15 is 0 Å². The van der Waals surface area contributed by atoms with E-state index in [0.717, 1.165) is 43.7 Å². The average molecular weight is 340 g/mol. The highest BCUT2D eigenvalue weighted by Gasteiger charge is 2.29. The summed E-state index contributed by atoms with van der Waals surface area (Å²) in [7, 11) is 0. The Labute approximate surface area is 149 Å². The zero-order chi connectivity index (χ0) is 17.8. The lowest BCUT2D eigenvalue weighted by molar-refractivity contribution is -0.133. The van der Waals surface area contributed by atoms with Crippen molar-refractivity contribution in [3.63, 3.8) is 0 Å². The van der Waals surface area contributed by atoms with Gasteiger partial charge in [-0.1, -0.05) is 38.1 Å². The summed E-state index contributed by atoms with van der Waals surface area (Å²) in [6, 6.07) is 8.54. The van der Waals surface area contributed by atoms with Crippen LogP contribution in [0.4, 0.5) is 0 Å². The number of aromatic nitrogens is 3. The number of rotatable bonds is 5. The fourth-order valence-corrected chi connectivity index (χ4v) is 3.64. The van der Waals surface area contributed by atoms with E-state index in [1.165, 1.54) is 11.9 Å². The Hall–Kier alpha value is -2.17. The van der Waals surface area contributed by atoms with Crippen LogP contribution in [-0.2, 0) is 11.2 Å². The summed E-state index contributed by atoms with van der Waals surface area (Å²) < 4.78 is 0. The molecule has 25 heavy (non-hydrogen) atoms. The largest absolute Gasteiger partial charge is 0.341 e. The van der Waals surface area contributed by atoms with Gasteiger partial charge in [0.25, 0.3) is 0 Å². The SMILES string of the molecule is CC(C)Cc1ccc([C@H](C)C(=O)N2CCC[C@H](c3ncn[nH]3)C2)cc1. The molecule has 0 spiro atoms. The first-order valence-corrected chi connectivity index (χ1v) is 9.27. The zero-order valence-corrected chi connectivity index (χ0v) is 15.4. The molecule has 1 fully saturated rings. The van der Waals surface area contributed by atoms with Crippen molar-refractivity contribution in [3.8, 4) is 0 Å². The van der Waals surface area contributed by atoms with Crippen molar-refractivity contribution in [1.82, 2.24) is 20.1 Å². The second-order valence-corrected chi connectivity index (χ2v) is 7.56. The van der Waals surface area contributed by atoms with Gasteiger partial charge < -0.3 is 4.90 Å². The Morgan fingerprint density at radius 2 is 2.04 bits per heavy atom. The number of hydrogen-bond acceptors (Lipinski definition) is 3. The standard InChI is InChI=1S/C20H28N4O/c1-14(2)11-16-6-8-17(9-7-16)15(3)20(25)24-10-4-5-18(12-24)19-21-13-22-23-19/h6-9,13-15,18H,4-5,10-12H2,1-3H3,(H,21,22,23)/t15-,18-/m0/s1. The van der Waals surface area contributed by atoms with Gasteiger partial charge in [-0.25, -0.2) is 4.98 Å². The van der Waals surface area contributed by atoms with Crippen LogP contribution in [-0.4, -0.2) is 39.1 Å². The minimum absolute atomic E-state index is 0.110. The molecule has 5 nitrogen and oxygen atoms in total. The van der Waals surface area contributed by atoms with Gasteiger partial charge in [-0.2, -0.15) is 5.10 Å². The molecule has 0 saturated carbocycles. The van der Waals surface area contributed by atoms with Gasteiger partial charge in [-0.05, 0) is 43.2 Å². The molecule has 1 saturated heterocycles. The highest BCUT2D eigenvalue weighted by Crippen LogP contribution is 2.27. The molecule has 1 aliphatic rings. The minimum Gasteiger partial charge on any atom is -0.341 e. The van der Waals surface area contributed by atoms with Gasteiger partial charge in [0.2, 0.25) is 5.91 Å². The number of hydrogen-bond donors (Lipinski definition) is 1. The number of nitrogens with zero attached hydrogens (tertiary/aromatic N) is 3. The maximum atomic E-state index is 13.0. The van der Waals surface area contributed by atoms with Crippen molar-refractivity contribution < 1.29 is 4.79 Å². The van der Waals surface area contributed by atoms with Crippen molar-refractivity contribution in [2.24, 2.45) is 5.92 Å². The molecule has 0 aliphatic carbocycles. The third-order valence-corrected chi connectivity index (χ3v) is 5.05. The summed E-state index contributed by atoms with van der Waals surface area (Å²) in [6.07, 6.45) is 4.68. The number of carbonyl (C=O) groups is 1. The summed E-state index contributed by atoms with van der Waals surface area (Å²) in [5.74, 6) is 1.90. The highest BCUT2D eigenvalue weighted by molar-refractivity contribution is 5.83. The van der Waals surface area contributed by atoms with Gasteiger partial charge in [0.1, 0.15) is 12.2 Å². The molecule has 1 aliphatic heterocycles. The summed E-state index contributed by atoms with van der Waals surface area (Å²) in [4.78, 5) is 19.2. The smallest absolute Gasteiger partial charge is 0.229 e. The topological polar surface area (TPSA) is 61.9 Å². The van der Waals surface area contributed by atoms with Crippen LogP contribution in [0.1, 0.15) is 62.4 Å². The van der Waals surface area contributed by atoms with Crippen LogP contribution >= 0.6 is 0 Å². The quantitative estimate of drug-likeness (QED) is 0.906. The lowest BCUT2D eigenvalue weighted by Gasteiger charge is -2.33. The second-order valence-electron chi connectivity index (χ2n) is 7.56. The molecular formula is C20H28N4O. The third kappa shape index (κ3) is 4.27. The van der Waals surface area contributed by atoms with Crippen LogP contribution < -0.4 is 0 Å². The molecule has 2 atom stereocenters. The van der Waals surface area contributed by atoms with Crippen molar-refractivity contribution in [2.75, 3.05) is 13.1 Å². The lowest BCUT2D eigenvalue weighted by Crippen LogP contribution is -2.41. The Balaban J connectivity index is 1.65. The molecule has 134 valence electrons. The fraction of sp³-hybridized carbons (Fsp3) is 0.550. The molecule has 5 heteroatoms. The van der Waals surface area contributed by atoms with Crippen LogP contribution in [0.5, 0.6) is 0 Å². The molecule has 0 bridgehead atoms. The first kappa shape index (κ1) is 17.6. The second kappa shape index (κ2) is 7.81. The average Bonchev–Trinajstić information content (AvgIpc) is 3.15. The number of benzene rings is 1. The van der Waals surface area contributed by atoms with E-state index in [1.54, 1.807) is 0 Å². The predicted molar refractivity (Wildman–Crippen MR) is 98.3 cm³/mol. The molecule has 1 aromatic heterocycles. The van der Waals surface area contributed by atoms with Crippen molar-refractivity contribution in [2.45, 2.75) is 51.9 Å². The molecule has 1 N–H and O–H groups in total. The summed E-state index contributed by atoms with van der Waals surface area (Å²) in [5.41, 5.74) is 2.43. The number of piperidine rings is 1. The molecule has 0 radical (unpaired) electrons. The molecule has 2 heterocycles. The zero-order valence-electron chi connectivity index (χ0n) is 15.4. The number of carbonyl (C=O) groups excluding carboxylic acids is 1. The first-order chi connectivity index (χ1) is 12.0. The fourth-order valence-electron chi connectivity index (χ4n) is 3.64. The van der Waals surface area contributed by atoms with Gasteiger partial charge in [0, 0.05) is 19.0 Å². The number of aromatic amines is 1. The van der Waals surface area contributed by atoms with Crippen LogP contribution in [0.3, 0.4) is 0 Å². The van der Waals surface area contributed by atoms with Crippen LogP contribution in [0.2, 0.25) is 0 Å². The van der Waals surface area contributed by atoms with Gasteiger partial charge >= 0.3 is 0 Å². The molecule has 3 rings (SSSR count). The third-order valence-electron chi connectivity index (χ3n) is 5.05. The van der Waals surface area contributed by atoms with Gasteiger partial charge in [0.15, 0.2) is 0 Å². The number of likely N-dealkylation sites (tertiary alicyclic amines) is 1. The normalized spacial score (nSPS) is 19.2. The summed E-state index contributed by atoms with van der Waals surface area (Å²) >= 11 is 0. The predicted octanol–water partition coefficient (Wildman–Crippen LogP) is 3.51. The van der Waals surface area contributed by atoms with E-state index in [4.69, 9.17) is 0 Å². The van der Waals surface area contributed by atoms with E-state index in [0.29, 0.717) is 5.92 Å². The maximum Gasteiger partial charge on any atom is 0.229 e. The Bertz CT molecular complexity index is 678. The maximum absolute atomic E-state index is 13.0. The number of nitrogens with one attached hydrogen (secondary N) is 1. The summed E-state index contributed by atoms with van der Waals surface area (Å²) in [5, 5.41) is 6.89. The molecule has 1 aromatic carbocycles. The van der Waals surface area contributed by atoms with E-state index in [-0.39, 0.29) is 17.7 Å².